The Bertz CT molecular complexity index is 278. The molecule has 0 amide bonds. The molecule has 0 aliphatic rings. The van der Waals surface area contributed by atoms with Crippen molar-refractivity contribution in [1.82, 2.24) is 0 Å². The van der Waals surface area contributed by atoms with Crippen LogP contribution < -0.4 is 0 Å². The van der Waals surface area contributed by atoms with Crippen LogP contribution in [0.15, 0.2) is 0 Å². The van der Waals surface area contributed by atoms with Crippen molar-refractivity contribution in [2.45, 2.75) is 182 Å². The molecule has 0 rings (SSSR count). The van der Waals surface area contributed by atoms with E-state index in [4.69, 9.17) is 17.0 Å². The van der Waals surface area contributed by atoms with Gasteiger partial charge in [0.1, 0.15) is 0 Å². The molecule has 0 unspecified atom stereocenters. The van der Waals surface area contributed by atoms with E-state index >= 15 is 0 Å². The average molecular weight is 643 g/mol. The van der Waals surface area contributed by atoms with Gasteiger partial charge in [0.05, 0.1) is 0 Å². The number of nitrogens with zero attached hydrogens (tertiary/aromatic N) is 2. The van der Waals surface area contributed by atoms with Gasteiger partial charge in [-0.05, 0) is 0 Å². The van der Waals surface area contributed by atoms with E-state index in [0.717, 1.165) is 26.2 Å². The van der Waals surface area contributed by atoms with Gasteiger partial charge in [-0.25, -0.2) is 0 Å². The monoisotopic (exact) mass is 640 g/mol. The maximum absolute atomic E-state index is 4.93. The Balaban J connectivity index is -0.000000564. The van der Waals surface area contributed by atoms with Crippen molar-refractivity contribution < 1.29 is 20.8 Å². The maximum atomic E-state index is 4.93. The van der Waals surface area contributed by atoms with Gasteiger partial charge in [-0.2, -0.15) is 0 Å². The average Bonchev–Trinajstić information content (AvgIpc) is 2.90. The molecule has 2 nitrogen and oxygen atoms in total. The molecule has 0 atom stereocenters. The first-order valence-electron chi connectivity index (χ1n) is 16.5. The normalized spacial score (nSPS) is 10.3. The summed E-state index contributed by atoms with van der Waals surface area (Å²) in [6.45, 7) is 13.5. The Morgan fingerprint density at radius 2 is 0.486 bits per heavy atom. The van der Waals surface area contributed by atoms with E-state index in [1.807, 2.05) is 0 Å². The van der Waals surface area contributed by atoms with Gasteiger partial charge in [-0.1, -0.05) is 182 Å². The van der Waals surface area contributed by atoms with E-state index < -0.39 is 20.8 Å². The fraction of sp³-hybridized carbons (Fsp3) is 1.00. The number of halogens is 2. The third kappa shape index (κ3) is 54.2. The summed E-state index contributed by atoms with van der Waals surface area (Å²) < 4.78 is 0. The predicted octanol–water partition coefficient (Wildman–Crippen LogP) is 13.5. The quantitative estimate of drug-likeness (QED) is 0.0760. The van der Waals surface area contributed by atoms with Crippen molar-refractivity contribution in [3.63, 3.8) is 0 Å². The molecule has 0 aliphatic heterocycles. The molecule has 5 heteroatoms. The number of unbranched alkanes of at least 4 members (excludes halogenated alkanes) is 20. The van der Waals surface area contributed by atoms with E-state index in [1.54, 1.807) is 0 Å². The Kier molecular flexibility index (Phi) is 54.6. The summed E-state index contributed by atoms with van der Waals surface area (Å²) in [4.78, 5) is 0. The van der Waals surface area contributed by atoms with Crippen LogP contribution in [0.1, 0.15) is 182 Å². The summed E-state index contributed by atoms with van der Waals surface area (Å²) in [5.74, 6) is 0. The predicted molar refractivity (Wildman–Crippen MR) is 171 cm³/mol. The zero-order valence-corrected chi connectivity index (χ0v) is 29.9. The van der Waals surface area contributed by atoms with Crippen LogP contribution in [0.2, 0.25) is 0 Å². The Labute approximate surface area is 255 Å². The first-order valence-corrected chi connectivity index (χ1v) is 22.8. The molecule has 37 heavy (non-hydrogen) atoms. The fourth-order valence-electron chi connectivity index (χ4n) is 4.24. The van der Waals surface area contributed by atoms with Crippen molar-refractivity contribution in [2.75, 3.05) is 26.2 Å². The van der Waals surface area contributed by atoms with Gasteiger partial charge in [0.15, 0.2) is 0 Å². The van der Waals surface area contributed by atoms with Gasteiger partial charge >= 0.3 is 37.9 Å². The summed E-state index contributed by atoms with van der Waals surface area (Å²) in [7, 11) is 9.87. The molecule has 0 bridgehead atoms. The topological polar surface area (TPSA) is 28.2 Å². The SMILES string of the molecule is CCCCCCCC[N-]CCCCCCCC.CCCCCCCC[N-]CCCCCCCC.[Cl][Zr+2][Cl]. The third-order valence-corrected chi connectivity index (χ3v) is 6.68. The van der Waals surface area contributed by atoms with E-state index in [2.05, 4.69) is 38.3 Å². The molecule has 224 valence electrons. The number of rotatable bonds is 28. The van der Waals surface area contributed by atoms with Crippen LogP contribution in [0.3, 0.4) is 0 Å². The molecular weight excluding hydrogens is 574 g/mol. The second-order valence-electron chi connectivity index (χ2n) is 10.5. The first-order chi connectivity index (χ1) is 18.2. The van der Waals surface area contributed by atoms with Gasteiger partial charge in [-0.15, -0.1) is 26.2 Å². The molecule has 0 aromatic rings. The van der Waals surface area contributed by atoms with Gasteiger partial charge in [0, 0.05) is 0 Å². The van der Waals surface area contributed by atoms with Crippen molar-refractivity contribution in [3.05, 3.63) is 10.6 Å². The number of hydrogen-bond acceptors (Lipinski definition) is 0. The molecular formula is C32H68Cl2N2Zr. The van der Waals surface area contributed by atoms with Crippen molar-refractivity contribution in [2.24, 2.45) is 0 Å². The van der Waals surface area contributed by atoms with Crippen LogP contribution in [0.25, 0.3) is 10.6 Å². The van der Waals surface area contributed by atoms with Crippen molar-refractivity contribution in [1.29, 1.82) is 0 Å². The Hall–Kier alpha value is 1.38. The van der Waals surface area contributed by atoms with Crippen LogP contribution in [0, 0.1) is 0 Å². The molecule has 0 radical (unpaired) electrons. The summed E-state index contributed by atoms with van der Waals surface area (Å²) in [6.07, 6.45) is 33.2. The van der Waals surface area contributed by atoms with Crippen LogP contribution >= 0.6 is 17.0 Å². The van der Waals surface area contributed by atoms with Crippen molar-refractivity contribution in [3.8, 4) is 0 Å². The van der Waals surface area contributed by atoms with Gasteiger partial charge < -0.3 is 10.6 Å². The Morgan fingerprint density at radius 3 is 0.676 bits per heavy atom. The summed E-state index contributed by atoms with van der Waals surface area (Å²) in [5, 5.41) is 9.21. The third-order valence-electron chi connectivity index (χ3n) is 6.68. The molecule has 0 saturated heterocycles. The van der Waals surface area contributed by atoms with E-state index in [0.29, 0.717) is 0 Å². The zero-order valence-electron chi connectivity index (χ0n) is 25.9. The van der Waals surface area contributed by atoms with Crippen molar-refractivity contribution >= 4 is 17.0 Å². The summed E-state index contributed by atoms with van der Waals surface area (Å²) in [5.41, 5.74) is 0. The first kappa shape index (κ1) is 42.8. The molecule has 0 N–H and O–H groups in total. The van der Waals surface area contributed by atoms with E-state index in [9.17, 15) is 0 Å². The molecule has 0 saturated carbocycles. The van der Waals surface area contributed by atoms with Crippen LogP contribution in [-0.4, -0.2) is 26.2 Å². The second-order valence-corrected chi connectivity index (χ2v) is 14.2. The van der Waals surface area contributed by atoms with Crippen LogP contribution in [0.5, 0.6) is 0 Å². The van der Waals surface area contributed by atoms with Crippen LogP contribution in [-0.2, 0) is 20.8 Å². The standard InChI is InChI=1S/2C16H34N.2ClH.Zr/c2*1-3-5-7-9-11-13-15-17-16-14-12-10-8-6-4-2;;;/h2*3-16H2,1-2H3;2*1H;/q2*-1;;;+4/p-2. The second kappa shape index (κ2) is 47.2. The Morgan fingerprint density at radius 1 is 0.324 bits per heavy atom. The van der Waals surface area contributed by atoms with E-state index in [1.165, 1.54) is 154 Å². The minimum atomic E-state index is -0.826. The molecule has 0 aliphatic carbocycles. The molecule has 0 aromatic heterocycles. The molecule has 0 aromatic carbocycles. The zero-order chi connectivity index (χ0) is 27.9. The molecule has 0 fully saturated rings. The molecule has 0 spiro atoms. The number of hydrogen-bond donors (Lipinski definition) is 0. The summed E-state index contributed by atoms with van der Waals surface area (Å²) in [6, 6.07) is 0. The van der Waals surface area contributed by atoms with Gasteiger partial charge in [0.2, 0.25) is 0 Å². The minimum absolute atomic E-state index is 0.826. The fourth-order valence-corrected chi connectivity index (χ4v) is 4.24. The summed E-state index contributed by atoms with van der Waals surface area (Å²) >= 11 is -0.826. The van der Waals surface area contributed by atoms with E-state index in [-0.39, 0.29) is 0 Å². The van der Waals surface area contributed by atoms with Crippen LogP contribution in [0.4, 0.5) is 0 Å². The van der Waals surface area contributed by atoms with Gasteiger partial charge in [-0.3, -0.25) is 0 Å². The van der Waals surface area contributed by atoms with Gasteiger partial charge in [0.25, 0.3) is 0 Å². The molecule has 0 heterocycles.